The molecule has 0 aliphatic carbocycles. The van der Waals surface area contributed by atoms with Crippen molar-refractivity contribution in [3.63, 3.8) is 0 Å². The van der Waals surface area contributed by atoms with Crippen molar-refractivity contribution in [1.29, 1.82) is 0 Å². The van der Waals surface area contributed by atoms with Gasteiger partial charge in [-0.1, -0.05) is 12.1 Å². The summed E-state index contributed by atoms with van der Waals surface area (Å²) in [5.74, 6) is -1.39. The van der Waals surface area contributed by atoms with Crippen molar-refractivity contribution in [2.24, 2.45) is 5.92 Å². The molecule has 0 saturated carbocycles. The van der Waals surface area contributed by atoms with Crippen LogP contribution in [0.15, 0.2) is 29.2 Å². The van der Waals surface area contributed by atoms with Crippen molar-refractivity contribution < 1.29 is 23.1 Å². The third-order valence-corrected chi connectivity index (χ3v) is 5.68. The summed E-state index contributed by atoms with van der Waals surface area (Å²) in [6.07, 6.45) is 2.09. The van der Waals surface area contributed by atoms with Gasteiger partial charge in [-0.15, -0.1) is 0 Å². The topological polar surface area (TPSA) is 104 Å². The number of piperidine rings is 1. The number of carbonyl (C=O) groups excluding carboxylic acids is 1. The number of rotatable bonds is 6. The standard InChI is InChI=1S/C16H22N2O5S/c1-17-24(22,23)14-7-4-12(5-8-14)6-9-15(19)18-10-2-3-13(11-18)16(20)21/h4-5,7-8,13,17H,2-3,6,9-11H2,1H3,(H,20,21). The van der Waals surface area contributed by atoms with Crippen LogP contribution in [0.5, 0.6) is 0 Å². The second-order valence-corrected chi connectivity index (χ2v) is 7.76. The van der Waals surface area contributed by atoms with Crippen molar-refractivity contribution in [1.82, 2.24) is 9.62 Å². The van der Waals surface area contributed by atoms with Gasteiger partial charge in [0.25, 0.3) is 0 Å². The molecule has 0 spiro atoms. The van der Waals surface area contributed by atoms with Gasteiger partial charge in [-0.05, 0) is 44.0 Å². The lowest BCUT2D eigenvalue weighted by atomic mass is 9.97. The Balaban J connectivity index is 1.91. The van der Waals surface area contributed by atoms with Crippen molar-refractivity contribution >= 4 is 21.9 Å². The molecule has 1 aliphatic rings. The zero-order chi connectivity index (χ0) is 17.7. The lowest BCUT2D eigenvalue weighted by Crippen LogP contribution is -2.42. The van der Waals surface area contributed by atoms with Crippen LogP contribution in [0.3, 0.4) is 0 Å². The summed E-state index contributed by atoms with van der Waals surface area (Å²) in [7, 11) is -2.11. The molecular weight excluding hydrogens is 332 g/mol. The minimum Gasteiger partial charge on any atom is -0.481 e. The molecule has 7 nitrogen and oxygen atoms in total. The van der Waals surface area contributed by atoms with Crippen LogP contribution >= 0.6 is 0 Å². The van der Waals surface area contributed by atoms with E-state index in [-0.39, 0.29) is 23.8 Å². The van der Waals surface area contributed by atoms with Gasteiger partial charge < -0.3 is 10.0 Å². The maximum Gasteiger partial charge on any atom is 0.308 e. The molecule has 1 heterocycles. The van der Waals surface area contributed by atoms with Gasteiger partial charge in [0.2, 0.25) is 15.9 Å². The zero-order valence-electron chi connectivity index (χ0n) is 13.6. The van der Waals surface area contributed by atoms with Gasteiger partial charge in [0, 0.05) is 19.5 Å². The number of nitrogens with zero attached hydrogens (tertiary/aromatic N) is 1. The number of benzene rings is 1. The van der Waals surface area contributed by atoms with E-state index in [1.165, 1.54) is 19.2 Å². The number of hydrogen-bond acceptors (Lipinski definition) is 4. The Morgan fingerprint density at radius 2 is 1.96 bits per heavy atom. The first-order valence-electron chi connectivity index (χ1n) is 7.86. The maximum absolute atomic E-state index is 12.2. The highest BCUT2D eigenvalue weighted by molar-refractivity contribution is 7.89. The van der Waals surface area contributed by atoms with Crippen molar-refractivity contribution in [3.8, 4) is 0 Å². The number of carboxylic acids is 1. The fourth-order valence-electron chi connectivity index (χ4n) is 2.77. The molecule has 2 rings (SSSR count). The number of nitrogens with one attached hydrogen (secondary N) is 1. The number of likely N-dealkylation sites (tertiary alicyclic amines) is 1. The second kappa shape index (κ2) is 7.76. The molecule has 0 aromatic heterocycles. The molecule has 1 saturated heterocycles. The molecule has 24 heavy (non-hydrogen) atoms. The monoisotopic (exact) mass is 354 g/mol. The van der Waals surface area contributed by atoms with Crippen LogP contribution in [0.2, 0.25) is 0 Å². The fourth-order valence-corrected chi connectivity index (χ4v) is 3.50. The van der Waals surface area contributed by atoms with Crippen LogP contribution in [0.1, 0.15) is 24.8 Å². The van der Waals surface area contributed by atoms with E-state index in [0.717, 1.165) is 5.56 Å². The van der Waals surface area contributed by atoms with Gasteiger partial charge in [-0.3, -0.25) is 9.59 Å². The summed E-state index contributed by atoms with van der Waals surface area (Å²) < 4.78 is 25.5. The molecule has 1 unspecified atom stereocenters. The molecule has 1 aromatic rings. The normalized spacial score (nSPS) is 18.4. The average molecular weight is 354 g/mol. The van der Waals surface area contributed by atoms with Crippen LogP contribution in [0.25, 0.3) is 0 Å². The molecule has 1 fully saturated rings. The van der Waals surface area contributed by atoms with Gasteiger partial charge in [0.1, 0.15) is 0 Å². The van der Waals surface area contributed by atoms with Crippen LogP contribution < -0.4 is 4.72 Å². The molecular formula is C16H22N2O5S. The number of aliphatic carboxylic acids is 1. The van der Waals surface area contributed by atoms with Crippen LogP contribution in [-0.2, 0) is 26.0 Å². The van der Waals surface area contributed by atoms with E-state index in [4.69, 9.17) is 5.11 Å². The van der Waals surface area contributed by atoms with E-state index >= 15 is 0 Å². The van der Waals surface area contributed by atoms with E-state index in [2.05, 4.69) is 4.72 Å². The summed E-state index contributed by atoms with van der Waals surface area (Å²) >= 11 is 0. The van der Waals surface area contributed by atoms with Gasteiger partial charge in [0.15, 0.2) is 0 Å². The highest BCUT2D eigenvalue weighted by Crippen LogP contribution is 2.18. The zero-order valence-corrected chi connectivity index (χ0v) is 14.4. The first-order chi connectivity index (χ1) is 11.3. The van der Waals surface area contributed by atoms with Crippen LogP contribution in [0.4, 0.5) is 0 Å². The predicted molar refractivity (Wildman–Crippen MR) is 87.9 cm³/mol. The minimum absolute atomic E-state index is 0.0622. The van der Waals surface area contributed by atoms with E-state index in [1.54, 1.807) is 17.0 Å². The summed E-state index contributed by atoms with van der Waals surface area (Å²) in [6.45, 7) is 0.871. The fraction of sp³-hybridized carbons (Fsp3) is 0.500. The average Bonchev–Trinajstić information content (AvgIpc) is 2.60. The second-order valence-electron chi connectivity index (χ2n) is 5.87. The Labute approximate surface area is 141 Å². The highest BCUT2D eigenvalue weighted by Gasteiger charge is 2.27. The Hall–Kier alpha value is -1.93. The number of hydrogen-bond donors (Lipinski definition) is 2. The summed E-state index contributed by atoms with van der Waals surface area (Å²) in [5.41, 5.74) is 0.866. The molecule has 1 aromatic carbocycles. The maximum atomic E-state index is 12.2. The SMILES string of the molecule is CNS(=O)(=O)c1ccc(CCC(=O)N2CCCC(C(=O)O)C2)cc1. The van der Waals surface area contributed by atoms with Gasteiger partial charge in [0.05, 0.1) is 10.8 Å². The Bertz CT molecular complexity index is 700. The molecule has 2 N–H and O–H groups in total. The van der Waals surface area contributed by atoms with E-state index in [1.807, 2.05) is 0 Å². The summed E-state index contributed by atoms with van der Waals surface area (Å²) in [4.78, 5) is 25.1. The lowest BCUT2D eigenvalue weighted by molar-refractivity contribution is -0.145. The number of carbonyl (C=O) groups is 2. The largest absolute Gasteiger partial charge is 0.481 e. The Morgan fingerprint density at radius 1 is 1.29 bits per heavy atom. The first-order valence-corrected chi connectivity index (χ1v) is 9.35. The quantitative estimate of drug-likeness (QED) is 0.788. The van der Waals surface area contributed by atoms with Gasteiger partial charge in [-0.2, -0.15) is 0 Å². The summed E-state index contributed by atoms with van der Waals surface area (Å²) in [5, 5.41) is 9.07. The first kappa shape index (κ1) is 18.4. The van der Waals surface area contributed by atoms with Crippen LogP contribution in [0, 0.1) is 5.92 Å². The van der Waals surface area contributed by atoms with Crippen molar-refractivity contribution in [2.75, 3.05) is 20.1 Å². The number of aryl methyl sites for hydroxylation is 1. The Kier molecular flexibility index (Phi) is 5.95. The molecule has 1 atom stereocenters. The molecule has 0 radical (unpaired) electrons. The van der Waals surface area contributed by atoms with E-state index in [9.17, 15) is 18.0 Å². The Morgan fingerprint density at radius 3 is 2.54 bits per heavy atom. The van der Waals surface area contributed by atoms with E-state index in [0.29, 0.717) is 25.8 Å². The smallest absolute Gasteiger partial charge is 0.308 e. The number of sulfonamides is 1. The van der Waals surface area contributed by atoms with E-state index < -0.39 is 21.9 Å². The third kappa shape index (κ3) is 4.55. The third-order valence-electron chi connectivity index (χ3n) is 4.25. The summed E-state index contributed by atoms with van der Waals surface area (Å²) in [6, 6.07) is 6.39. The highest BCUT2D eigenvalue weighted by atomic mass is 32.2. The molecule has 1 aliphatic heterocycles. The number of amides is 1. The van der Waals surface area contributed by atoms with Crippen molar-refractivity contribution in [3.05, 3.63) is 29.8 Å². The van der Waals surface area contributed by atoms with Gasteiger partial charge >= 0.3 is 5.97 Å². The predicted octanol–water partition coefficient (Wildman–Crippen LogP) is 0.850. The van der Waals surface area contributed by atoms with Crippen molar-refractivity contribution in [2.45, 2.75) is 30.6 Å². The van der Waals surface area contributed by atoms with Crippen LogP contribution in [-0.4, -0.2) is 50.4 Å². The molecule has 1 amide bonds. The number of carboxylic acid groups (broad SMARTS) is 1. The molecule has 0 bridgehead atoms. The lowest BCUT2D eigenvalue weighted by Gasteiger charge is -2.30. The minimum atomic E-state index is -3.46. The molecule has 8 heteroatoms. The molecule has 132 valence electrons. The van der Waals surface area contributed by atoms with Gasteiger partial charge in [-0.25, -0.2) is 13.1 Å².